The van der Waals surface area contributed by atoms with Crippen LogP contribution < -0.4 is 0 Å². The fourth-order valence-electron chi connectivity index (χ4n) is 2.99. The van der Waals surface area contributed by atoms with Crippen LogP contribution in [0, 0.1) is 5.92 Å². The average molecular weight is 327 g/mol. The lowest BCUT2D eigenvalue weighted by Crippen LogP contribution is -2.40. The van der Waals surface area contributed by atoms with E-state index in [1.807, 2.05) is 17.0 Å². The molecule has 0 atom stereocenters. The standard InChI is InChI=1S/C21H29NO2/c1-6-20(17(5)16(4)15(2)3)18-7-9-19(10-8-18)21(23)22-11-13-24-14-12-22/h6-10,15H,11-14H2,1-5H3/b17-16+,20-6-. The van der Waals surface area contributed by atoms with Gasteiger partial charge in [0.15, 0.2) is 0 Å². The van der Waals surface area contributed by atoms with E-state index in [0.717, 1.165) is 11.1 Å². The quantitative estimate of drug-likeness (QED) is 0.759. The van der Waals surface area contributed by atoms with E-state index in [1.54, 1.807) is 0 Å². The highest BCUT2D eigenvalue weighted by Crippen LogP contribution is 2.28. The number of carbonyl (C=O) groups is 1. The number of benzene rings is 1. The van der Waals surface area contributed by atoms with Crippen LogP contribution in [0.25, 0.3) is 5.57 Å². The number of morpholine rings is 1. The van der Waals surface area contributed by atoms with E-state index < -0.39 is 0 Å². The number of hydrogen-bond donors (Lipinski definition) is 0. The molecule has 0 saturated carbocycles. The monoisotopic (exact) mass is 327 g/mol. The second kappa shape index (κ2) is 8.29. The molecule has 1 fully saturated rings. The molecule has 0 N–H and O–H groups in total. The number of rotatable bonds is 4. The zero-order valence-electron chi connectivity index (χ0n) is 15.6. The fraction of sp³-hybridized carbons (Fsp3) is 0.476. The highest BCUT2D eigenvalue weighted by Gasteiger charge is 2.18. The average Bonchev–Trinajstić information content (AvgIpc) is 2.62. The third-order valence-corrected chi connectivity index (χ3v) is 4.89. The van der Waals surface area contributed by atoms with Crippen LogP contribution in [0.15, 0.2) is 41.5 Å². The van der Waals surface area contributed by atoms with Crippen LogP contribution in [0.4, 0.5) is 0 Å². The molecule has 0 radical (unpaired) electrons. The molecule has 0 unspecified atom stereocenters. The zero-order valence-corrected chi connectivity index (χ0v) is 15.6. The first-order chi connectivity index (χ1) is 11.5. The summed E-state index contributed by atoms with van der Waals surface area (Å²) in [6.45, 7) is 13.5. The Kier molecular flexibility index (Phi) is 6.38. The van der Waals surface area contributed by atoms with Crippen molar-refractivity contribution in [3.63, 3.8) is 0 Å². The van der Waals surface area contributed by atoms with Gasteiger partial charge in [0.05, 0.1) is 13.2 Å². The van der Waals surface area contributed by atoms with Crippen LogP contribution in [-0.4, -0.2) is 37.1 Å². The normalized spacial score (nSPS) is 17.1. The molecule has 1 amide bonds. The van der Waals surface area contributed by atoms with Crippen molar-refractivity contribution < 1.29 is 9.53 Å². The molecule has 1 aliphatic heterocycles. The van der Waals surface area contributed by atoms with Gasteiger partial charge in [0.1, 0.15) is 0 Å². The van der Waals surface area contributed by atoms with Gasteiger partial charge in [-0.05, 0) is 55.5 Å². The molecular weight excluding hydrogens is 298 g/mol. The predicted octanol–water partition coefficient (Wildman–Crippen LogP) is 4.55. The van der Waals surface area contributed by atoms with E-state index in [0.29, 0.717) is 32.2 Å². The van der Waals surface area contributed by atoms with Gasteiger partial charge in [0.2, 0.25) is 0 Å². The van der Waals surface area contributed by atoms with Crippen molar-refractivity contribution in [2.75, 3.05) is 26.3 Å². The minimum Gasteiger partial charge on any atom is -0.378 e. The molecule has 1 heterocycles. The Morgan fingerprint density at radius 3 is 2.12 bits per heavy atom. The molecule has 1 aromatic rings. The third kappa shape index (κ3) is 4.15. The van der Waals surface area contributed by atoms with Gasteiger partial charge in [-0.2, -0.15) is 0 Å². The number of carbonyl (C=O) groups excluding carboxylic acids is 1. The van der Waals surface area contributed by atoms with Gasteiger partial charge in [0, 0.05) is 18.7 Å². The molecule has 3 heteroatoms. The van der Waals surface area contributed by atoms with E-state index in [1.165, 1.54) is 16.7 Å². The molecule has 24 heavy (non-hydrogen) atoms. The number of amides is 1. The summed E-state index contributed by atoms with van der Waals surface area (Å²) >= 11 is 0. The van der Waals surface area contributed by atoms with Gasteiger partial charge in [-0.25, -0.2) is 0 Å². The summed E-state index contributed by atoms with van der Waals surface area (Å²) in [4.78, 5) is 14.4. The summed E-state index contributed by atoms with van der Waals surface area (Å²) in [6, 6.07) is 7.99. The topological polar surface area (TPSA) is 29.5 Å². The minimum atomic E-state index is 0.0949. The summed E-state index contributed by atoms with van der Waals surface area (Å²) in [6.07, 6.45) is 2.15. The Labute approximate surface area is 146 Å². The van der Waals surface area contributed by atoms with E-state index in [2.05, 4.69) is 52.8 Å². The molecule has 0 aliphatic carbocycles. The first-order valence-corrected chi connectivity index (χ1v) is 8.77. The summed E-state index contributed by atoms with van der Waals surface area (Å²) < 4.78 is 5.31. The Balaban J connectivity index is 2.21. The molecule has 1 aromatic carbocycles. The second-order valence-electron chi connectivity index (χ2n) is 6.65. The summed E-state index contributed by atoms with van der Waals surface area (Å²) in [7, 11) is 0. The Morgan fingerprint density at radius 2 is 1.62 bits per heavy atom. The van der Waals surface area contributed by atoms with Crippen molar-refractivity contribution in [1.82, 2.24) is 4.90 Å². The SMILES string of the molecule is C/C=C(/C(C)=C(\C)C(C)C)c1ccc(C(=O)N2CCOCC2)cc1. The third-order valence-electron chi connectivity index (χ3n) is 4.89. The highest BCUT2D eigenvalue weighted by atomic mass is 16.5. The number of hydrogen-bond acceptors (Lipinski definition) is 2. The van der Waals surface area contributed by atoms with Gasteiger partial charge < -0.3 is 9.64 Å². The maximum absolute atomic E-state index is 12.5. The van der Waals surface area contributed by atoms with Gasteiger partial charge in [0.25, 0.3) is 5.91 Å². The lowest BCUT2D eigenvalue weighted by atomic mass is 9.90. The molecule has 0 bridgehead atoms. The maximum Gasteiger partial charge on any atom is 0.254 e. The summed E-state index contributed by atoms with van der Waals surface area (Å²) in [5, 5.41) is 0. The predicted molar refractivity (Wildman–Crippen MR) is 100 cm³/mol. The Morgan fingerprint density at radius 1 is 1.08 bits per heavy atom. The Hall–Kier alpha value is -1.87. The summed E-state index contributed by atoms with van der Waals surface area (Å²) in [5.74, 6) is 0.625. The molecule has 0 aromatic heterocycles. The van der Waals surface area contributed by atoms with Crippen molar-refractivity contribution in [2.24, 2.45) is 5.92 Å². The first kappa shape index (κ1) is 18.5. The maximum atomic E-state index is 12.5. The van der Waals surface area contributed by atoms with Gasteiger partial charge in [-0.1, -0.05) is 37.6 Å². The fourth-order valence-corrected chi connectivity index (χ4v) is 2.99. The van der Waals surface area contributed by atoms with E-state index in [4.69, 9.17) is 4.74 Å². The van der Waals surface area contributed by atoms with Crippen molar-refractivity contribution in [2.45, 2.75) is 34.6 Å². The zero-order chi connectivity index (χ0) is 17.7. The van der Waals surface area contributed by atoms with Crippen molar-refractivity contribution in [1.29, 1.82) is 0 Å². The van der Waals surface area contributed by atoms with E-state index in [9.17, 15) is 4.79 Å². The minimum absolute atomic E-state index is 0.0949. The lowest BCUT2D eigenvalue weighted by molar-refractivity contribution is 0.0303. The van der Waals surface area contributed by atoms with Crippen LogP contribution in [0.1, 0.15) is 50.5 Å². The van der Waals surface area contributed by atoms with Crippen LogP contribution in [0.5, 0.6) is 0 Å². The summed E-state index contributed by atoms with van der Waals surface area (Å²) in [5.41, 5.74) is 5.87. The van der Waals surface area contributed by atoms with Crippen LogP contribution >= 0.6 is 0 Å². The number of allylic oxidation sites excluding steroid dienone is 4. The number of nitrogens with zero attached hydrogens (tertiary/aromatic N) is 1. The molecule has 2 rings (SSSR count). The van der Waals surface area contributed by atoms with Gasteiger partial charge in [-0.15, -0.1) is 0 Å². The van der Waals surface area contributed by atoms with Gasteiger partial charge in [-0.3, -0.25) is 4.79 Å². The smallest absolute Gasteiger partial charge is 0.254 e. The molecule has 3 nitrogen and oxygen atoms in total. The van der Waals surface area contributed by atoms with Crippen molar-refractivity contribution >= 4 is 11.5 Å². The highest BCUT2D eigenvalue weighted by molar-refractivity contribution is 5.95. The number of ether oxygens (including phenoxy) is 1. The molecule has 1 aliphatic rings. The van der Waals surface area contributed by atoms with Crippen molar-refractivity contribution in [3.05, 3.63) is 52.6 Å². The largest absolute Gasteiger partial charge is 0.378 e. The van der Waals surface area contributed by atoms with Crippen LogP contribution in [0.2, 0.25) is 0 Å². The second-order valence-corrected chi connectivity index (χ2v) is 6.65. The van der Waals surface area contributed by atoms with Crippen LogP contribution in [0.3, 0.4) is 0 Å². The molecular formula is C21H29NO2. The molecule has 0 spiro atoms. The Bertz CT molecular complexity index is 632. The van der Waals surface area contributed by atoms with Gasteiger partial charge >= 0.3 is 0 Å². The van der Waals surface area contributed by atoms with Crippen molar-refractivity contribution in [3.8, 4) is 0 Å². The first-order valence-electron chi connectivity index (χ1n) is 8.77. The lowest BCUT2D eigenvalue weighted by Gasteiger charge is -2.27. The van der Waals surface area contributed by atoms with Crippen LogP contribution in [-0.2, 0) is 4.74 Å². The molecule has 130 valence electrons. The van der Waals surface area contributed by atoms with E-state index >= 15 is 0 Å². The molecule has 1 saturated heterocycles. The van der Waals surface area contributed by atoms with E-state index in [-0.39, 0.29) is 5.91 Å².